The number of benzene rings is 1. The third kappa shape index (κ3) is 5.85. The molecule has 1 heterocycles. The molecule has 1 aliphatic rings. The molecule has 138 valence electrons. The zero-order valence-corrected chi connectivity index (χ0v) is 15.1. The van der Waals surface area contributed by atoms with E-state index < -0.39 is 0 Å². The van der Waals surface area contributed by atoms with Gasteiger partial charge in [-0.05, 0) is 45.2 Å². The van der Waals surface area contributed by atoms with E-state index in [1.165, 1.54) is 5.56 Å². The molecule has 0 atom stereocenters. The molecule has 1 aliphatic heterocycles. The lowest BCUT2D eigenvalue weighted by molar-refractivity contribution is 0.0956. The molecule has 7 heteroatoms. The van der Waals surface area contributed by atoms with Crippen LogP contribution in [0.1, 0.15) is 30.9 Å². The second-order valence-electron chi connectivity index (χ2n) is 6.17. The summed E-state index contributed by atoms with van der Waals surface area (Å²) >= 11 is 0. The first-order chi connectivity index (χ1) is 12.0. The van der Waals surface area contributed by atoms with E-state index in [1.54, 1.807) is 11.8 Å². The summed E-state index contributed by atoms with van der Waals surface area (Å²) in [5.41, 5.74) is 2.21. The Morgan fingerprint density at radius 3 is 2.60 bits per heavy atom. The van der Waals surface area contributed by atoms with Gasteiger partial charge in [0.05, 0.1) is 6.61 Å². The maximum atomic E-state index is 12.0. The zero-order chi connectivity index (χ0) is 18.2. The smallest absolute Gasteiger partial charge is 0.409 e. The molecule has 0 aromatic heterocycles. The molecule has 2 rings (SSSR count). The maximum Gasteiger partial charge on any atom is 0.409 e. The summed E-state index contributed by atoms with van der Waals surface area (Å²) in [7, 11) is 0. The summed E-state index contributed by atoms with van der Waals surface area (Å²) in [5.74, 6) is 0.758. The van der Waals surface area contributed by atoms with E-state index in [4.69, 9.17) is 9.47 Å². The predicted molar refractivity (Wildman–Crippen MR) is 94.7 cm³/mol. The van der Waals surface area contributed by atoms with Crippen LogP contribution in [0.25, 0.3) is 0 Å². The molecule has 0 bridgehead atoms. The van der Waals surface area contributed by atoms with Crippen molar-refractivity contribution in [3.05, 3.63) is 29.3 Å². The lowest BCUT2D eigenvalue weighted by Crippen LogP contribution is -2.49. The number of carbonyl (C=O) groups excluding carboxylic acids is 2. The van der Waals surface area contributed by atoms with Gasteiger partial charge in [0, 0.05) is 19.1 Å². The number of ether oxygens (including phenoxy) is 2. The van der Waals surface area contributed by atoms with E-state index in [0.717, 1.165) is 11.3 Å². The van der Waals surface area contributed by atoms with Crippen LogP contribution in [0.5, 0.6) is 5.75 Å². The Morgan fingerprint density at radius 2 is 1.96 bits per heavy atom. The number of aryl methyl sites for hydroxylation is 2. The van der Waals surface area contributed by atoms with Crippen LogP contribution >= 0.6 is 0 Å². The first kappa shape index (κ1) is 18.9. The highest BCUT2D eigenvalue weighted by molar-refractivity contribution is 5.74. The van der Waals surface area contributed by atoms with E-state index in [0.29, 0.717) is 32.5 Å². The number of carbonyl (C=O) groups is 2. The molecule has 0 spiro atoms. The van der Waals surface area contributed by atoms with E-state index in [1.807, 2.05) is 32.0 Å². The fraction of sp³-hybridized carbons (Fsp3) is 0.556. The Hall–Kier alpha value is -2.44. The molecular weight excluding hydrogens is 322 g/mol. The number of hydrogen-bond acceptors (Lipinski definition) is 4. The molecule has 0 saturated carbocycles. The van der Waals surface area contributed by atoms with Crippen LogP contribution in [0, 0.1) is 13.8 Å². The first-order valence-corrected chi connectivity index (χ1v) is 8.65. The van der Waals surface area contributed by atoms with Crippen LogP contribution in [0.3, 0.4) is 0 Å². The van der Waals surface area contributed by atoms with Crippen molar-refractivity contribution >= 4 is 12.1 Å². The highest BCUT2D eigenvalue weighted by atomic mass is 16.6. The minimum Gasteiger partial charge on any atom is -0.473 e. The molecule has 0 aliphatic carbocycles. The maximum absolute atomic E-state index is 12.0. The Morgan fingerprint density at radius 1 is 1.24 bits per heavy atom. The molecule has 1 aromatic rings. The Balaban J connectivity index is 1.67. The second kappa shape index (κ2) is 9.15. The number of amides is 3. The number of urea groups is 1. The largest absolute Gasteiger partial charge is 0.473 e. The Labute approximate surface area is 148 Å². The molecule has 7 nitrogen and oxygen atoms in total. The second-order valence-corrected chi connectivity index (χ2v) is 6.17. The van der Waals surface area contributed by atoms with Crippen LogP contribution in [0.2, 0.25) is 0 Å². The third-order valence-electron chi connectivity index (χ3n) is 4.15. The summed E-state index contributed by atoms with van der Waals surface area (Å²) in [6.07, 6.45) is 1.14. The summed E-state index contributed by atoms with van der Waals surface area (Å²) < 4.78 is 10.6. The van der Waals surface area contributed by atoms with Gasteiger partial charge in [0.1, 0.15) is 5.75 Å². The van der Waals surface area contributed by atoms with Gasteiger partial charge in [-0.1, -0.05) is 17.7 Å². The molecule has 3 amide bonds. The van der Waals surface area contributed by atoms with Crippen LogP contribution in [0.15, 0.2) is 18.2 Å². The Kier molecular flexibility index (Phi) is 6.91. The molecule has 0 unspecified atom stereocenters. The number of piperidine rings is 1. The van der Waals surface area contributed by atoms with Crippen LogP contribution in [-0.4, -0.2) is 49.5 Å². The number of rotatable bonds is 5. The molecular formula is C18H27N3O4. The van der Waals surface area contributed by atoms with Crippen LogP contribution < -0.4 is 15.4 Å². The van der Waals surface area contributed by atoms with Crippen molar-refractivity contribution in [2.24, 2.45) is 0 Å². The third-order valence-corrected chi connectivity index (χ3v) is 4.15. The quantitative estimate of drug-likeness (QED) is 0.801. The number of nitrogens with zero attached hydrogens (tertiary/aromatic N) is 1. The van der Waals surface area contributed by atoms with Gasteiger partial charge in [-0.25, -0.2) is 9.59 Å². The van der Waals surface area contributed by atoms with Gasteiger partial charge in [0.25, 0.3) is 0 Å². The monoisotopic (exact) mass is 349 g/mol. The van der Waals surface area contributed by atoms with E-state index in [9.17, 15) is 9.59 Å². The van der Waals surface area contributed by atoms with Gasteiger partial charge in [0.15, 0.2) is 6.73 Å². The zero-order valence-electron chi connectivity index (χ0n) is 15.1. The molecule has 1 aromatic carbocycles. The van der Waals surface area contributed by atoms with Gasteiger partial charge in [-0.15, -0.1) is 0 Å². The molecule has 1 fully saturated rings. The van der Waals surface area contributed by atoms with Gasteiger partial charge >= 0.3 is 12.1 Å². The van der Waals surface area contributed by atoms with E-state index >= 15 is 0 Å². The molecule has 0 radical (unpaired) electrons. The van der Waals surface area contributed by atoms with E-state index in [2.05, 4.69) is 10.6 Å². The molecule has 25 heavy (non-hydrogen) atoms. The van der Waals surface area contributed by atoms with Crippen LogP contribution in [-0.2, 0) is 4.74 Å². The normalized spacial score (nSPS) is 14.8. The van der Waals surface area contributed by atoms with Crippen molar-refractivity contribution in [2.75, 3.05) is 26.4 Å². The lowest BCUT2D eigenvalue weighted by Gasteiger charge is -2.31. The standard InChI is InChI=1S/C18H27N3O4/c1-4-24-18(23)21-9-7-15(8-10-21)20-17(22)19-12-25-16-6-5-13(2)11-14(16)3/h5-6,11,15H,4,7-10,12H2,1-3H3,(H2,19,20,22). The summed E-state index contributed by atoms with van der Waals surface area (Å²) in [6, 6.07) is 5.69. The Bertz CT molecular complexity index is 598. The van der Waals surface area contributed by atoms with Crippen molar-refractivity contribution in [2.45, 2.75) is 39.7 Å². The predicted octanol–water partition coefficient (Wildman–Crippen LogP) is 2.56. The fourth-order valence-corrected chi connectivity index (χ4v) is 2.80. The number of nitrogens with one attached hydrogen (secondary N) is 2. The molecule has 2 N–H and O–H groups in total. The van der Waals surface area contributed by atoms with Gasteiger partial charge < -0.3 is 25.0 Å². The highest BCUT2D eigenvalue weighted by Crippen LogP contribution is 2.18. The van der Waals surface area contributed by atoms with Gasteiger partial charge in [0.2, 0.25) is 0 Å². The SMILES string of the molecule is CCOC(=O)N1CCC(NC(=O)NCOc2ccc(C)cc2C)CC1. The minimum atomic E-state index is -0.285. The van der Waals surface area contributed by atoms with Crippen molar-refractivity contribution in [1.29, 1.82) is 0 Å². The van der Waals surface area contributed by atoms with Crippen molar-refractivity contribution in [1.82, 2.24) is 15.5 Å². The minimum absolute atomic E-state index is 0.0480. The average Bonchev–Trinajstić information content (AvgIpc) is 2.57. The number of hydrogen-bond donors (Lipinski definition) is 2. The number of likely N-dealkylation sites (tertiary alicyclic amines) is 1. The molecule has 1 saturated heterocycles. The fourth-order valence-electron chi connectivity index (χ4n) is 2.80. The van der Waals surface area contributed by atoms with E-state index in [-0.39, 0.29) is 24.9 Å². The summed E-state index contributed by atoms with van der Waals surface area (Å²) in [6.45, 7) is 7.44. The first-order valence-electron chi connectivity index (χ1n) is 8.65. The lowest BCUT2D eigenvalue weighted by atomic mass is 10.1. The summed E-state index contributed by atoms with van der Waals surface area (Å²) in [5, 5.41) is 5.61. The average molecular weight is 349 g/mol. The summed E-state index contributed by atoms with van der Waals surface area (Å²) in [4.78, 5) is 25.3. The topological polar surface area (TPSA) is 79.9 Å². The van der Waals surface area contributed by atoms with Gasteiger partial charge in [-0.2, -0.15) is 0 Å². The van der Waals surface area contributed by atoms with Crippen molar-refractivity contribution < 1.29 is 19.1 Å². The highest BCUT2D eigenvalue weighted by Gasteiger charge is 2.24. The van der Waals surface area contributed by atoms with Crippen molar-refractivity contribution in [3.8, 4) is 5.75 Å². The van der Waals surface area contributed by atoms with Crippen LogP contribution in [0.4, 0.5) is 9.59 Å². The van der Waals surface area contributed by atoms with Crippen molar-refractivity contribution in [3.63, 3.8) is 0 Å². The van der Waals surface area contributed by atoms with Gasteiger partial charge in [-0.3, -0.25) is 0 Å².